The highest BCUT2D eigenvalue weighted by molar-refractivity contribution is 6.15. The van der Waals surface area contributed by atoms with Gasteiger partial charge in [0.05, 0.1) is 5.41 Å². The van der Waals surface area contributed by atoms with Crippen LogP contribution in [0.2, 0.25) is 0 Å². The number of carbonyl (C=O) groups excluding carboxylic acids is 3. The van der Waals surface area contributed by atoms with Gasteiger partial charge in [-0.1, -0.05) is 152 Å². The second-order valence-electron chi connectivity index (χ2n) is 16.2. The molecule has 0 bridgehead atoms. The van der Waals surface area contributed by atoms with E-state index in [1.54, 1.807) is 6.07 Å². The van der Waals surface area contributed by atoms with Crippen LogP contribution in [-0.4, -0.2) is 17.3 Å². The maximum atomic E-state index is 14.9. The fourth-order valence-electron chi connectivity index (χ4n) is 9.30. The Bertz CT molecular complexity index is 2750. The first-order chi connectivity index (χ1) is 29.6. The van der Waals surface area contributed by atoms with Crippen LogP contribution in [0.5, 0.6) is 0 Å². The molecule has 0 aromatic heterocycles. The summed E-state index contributed by atoms with van der Waals surface area (Å²) in [7, 11) is 0. The Morgan fingerprint density at radius 1 is 0.361 bits per heavy atom. The van der Waals surface area contributed by atoms with Gasteiger partial charge in [-0.25, -0.2) is 0 Å². The summed E-state index contributed by atoms with van der Waals surface area (Å²) in [5, 5.41) is 0. The van der Waals surface area contributed by atoms with Crippen LogP contribution in [0.1, 0.15) is 103 Å². The van der Waals surface area contributed by atoms with Gasteiger partial charge in [-0.2, -0.15) is 0 Å². The van der Waals surface area contributed by atoms with Crippen LogP contribution in [0.25, 0.3) is 16.7 Å². The molecule has 0 N–H and O–H groups in total. The third-order valence-electron chi connectivity index (χ3n) is 12.5. The average molecular weight is 789 g/mol. The maximum absolute atomic E-state index is 14.9. The van der Waals surface area contributed by atoms with Gasteiger partial charge in [-0.3, -0.25) is 14.4 Å². The molecule has 0 radical (unpaired) electrons. The quantitative estimate of drug-likeness (QED) is 0.130. The minimum Gasteiger partial charge on any atom is -0.289 e. The number of hydrogen-bond donors (Lipinski definition) is 0. The fraction of sp³-hybridized carbons (Fsp3) is 0.0862. The Labute approximate surface area is 357 Å². The van der Waals surface area contributed by atoms with Crippen molar-refractivity contribution >= 4 is 22.9 Å². The second-order valence-corrected chi connectivity index (χ2v) is 16.2. The van der Waals surface area contributed by atoms with Crippen molar-refractivity contribution in [3.05, 3.63) is 278 Å². The molecule has 0 amide bonds. The van der Waals surface area contributed by atoms with Crippen LogP contribution in [-0.2, 0) is 5.41 Å². The number of hydrogen-bond acceptors (Lipinski definition) is 3. The molecule has 1 aliphatic rings. The molecule has 9 rings (SSSR count). The number of rotatable bonds is 10. The van der Waals surface area contributed by atoms with E-state index < -0.39 is 5.41 Å². The zero-order valence-electron chi connectivity index (χ0n) is 34.8. The first-order valence-electron chi connectivity index (χ1n) is 20.6. The lowest BCUT2D eigenvalue weighted by Crippen LogP contribution is -2.30. The van der Waals surface area contributed by atoms with E-state index in [9.17, 15) is 14.4 Å². The molecule has 61 heavy (non-hydrogen) atoms. The monoisotopic (exact) mass is 788 g/mol. The first kappa shape index (κ1) is 39.0. The number of ketones is 3. The summed E-state index contributed by atoms with van der Waals surface area (Å²) in [4.78, 5) is 44.6. The smallest absolute Gasteiger partial charge is 0.193 e. The molecule has 3 heteroatoms. The van der Waals surface area contributed by atoms with Gasteiger partial charge in [-0.05, 0) is 136 Å². The Kier molecular flexibility index (Phi) is 9.97. The Hall–Kier alpha value is -7.49. The normalized spacial score (nSPS) is 12.3. The van der Waals surface area contributed by atoms with Crippen molar-refractivity contribution in [1.82, 2.24) is 0 Å². The van der Waals surface area contributed by atoms with Crippen molar-refractivity contribution < 1.29 is 14.4 Å². The third kappa shape index (κ3) is 6.60. The fourth-order valence-corrected chi connectivity index (χ4v) is 9.30. The van der Waals surface area contributed by atoms with Gasteiger partial charge in [0, 0.05) is 33.4 Å². The highest BCUT2D eigenvalue weighted by Gasteiger charge is 2.47. The Morgan fingerprint density at radius 2 is 0.656 bits per heavy atom. The molecule has 294 valence electrons. The van der Waals surface area contributed by atoms with Crippen molar-refractivity contribution in [1.29, 1.82) is 0 Å². The first-order valence-corrected chi connectivity index (χ1v) is 20.6. The molecular formula is C58H44O3. The van der Waals surface area contributed by atoms with Gasteiger partial charge in [-0.15, -0.1) is 0 Å². The van der Waals surface area contributed by atoms with Gasteiger partial charge in [0.2, 0.25) is 0 Å². The molecule has 8 aromatic rings. The van der Waals surface area contributed by atoms with Crippen molar-refractivity contribution in [2.24, 2.45) is 0 Å². The van der Waals surface area contributed by atoms with E-state index in [-0.39, 0.29) is 17.3 Å². The molecule has 1 aliphatic carbocycles. The molecule has 0 aliphatic heterocycles. The van der Waals surface area contributed by atoms with Crippen LogP contribution in [0.3, 0.4) is 0 Å². The molecule has 3 nitrogen and oxygen atoms in total. The predicted molar refractivity (Wildman–Crippen MR) is 247 cm³/mol. The molecule has 0 spiro atoms. The van der Waals surface area contributed by atoms with Gasteiger partial charge >= 0.3 is 0 Å². The number of carbonyl (C=O) groups is 3. The summed E-state index contributed by atoms with van der Waals surface area (Å²) in [5.41, 5.74) is 13.8. The number of fused-ring (bicyclic) bond motifs is 3. The van der Waals surface area contributed by atoms with Crippen LogP contribution < -0.4 is 0 Å². The maximum Gasteiger partial charge on any atom is 0.193 e. The summed E-state index contributed by atoms with van der Waals surface area (Å²) in [6.07, 6.45) is 0. The molecule has 0 heterocycles. The van der Waals surface area contributed by atoms with Gasteiger partial charge in [0.1, 0.15) is 0 Å². The number of aryl methyl sites for hydroxylation is 4. The van der Waals surface area contributed by atoms with E-state index in [2.05, 4.69) is 56.0 Å². The third-order valence-corrected chi connectivity index (χ3v) is 12.5. The molecule has 0 atom stereocenters. The lowest BCUT2D eigenvalue weighted by Gasteiger charge is -2.35. The summed E-state index contributed by atoms with van der Waals surface area (Å²) in [5.74, 6) is -0.455. The standard InChI is InChI=1S/C58H44O3/c1-36-18-6-10-22-47(36)40(5)41-30-42(55(59)48-23-11-7-19-37(48)2)33-45(32-41)58(53-28-16-14-26-51(53)52-27-15-17-29-54(52)58)46-34-43(56(60)49-24-12-8-20-38(49)3)31-44(35-46)57(61)50-25-13-9-21-39(50)4/h6-35H,5H2,1-4H3. The summed E-state index contributed by atoms with van der Waals surface area (Å²) >= 11 is 0. The molecule has 8 aromatic carbocycles. The van der Waals surface area contributed by atoms with E-state index in [0.717, 1.165) is 72.3 Å². The van der Waals surface area contributed by atoms with E-state index in [1.807, 2.05) is 154 Å². The summed E-state index contributed by atoms with van der Waals surface area (Å²) in [6.45, 7) is 12.5. The zero-order valence-corrected chi connectivity index (χ0v) is 34.8. The predicted octanol–water partition coefficient (Wildman–Crippen LogP) is 13.0. The molecule has 0 saturated carbocycles. The van der Waals surface area contributed by atoms with Crippen LogP contribution >= 0.6 is 0 Å². The lowest BCUT2D eigenvalue weighted by atomic mass is 9.66. The lowest BCUT2D eigenvalue weighted by molar-refractivity contribution is 0.102. The molecular weight excluding hydrogens is 745 g/mol. The second kappa shape index (κ2) is 15.6. The van der Waals surface area contributed by atoms with E-state index in [0.29, 0.717) is 33.4 Å². The van der Waals surface area contributed by atoms with E-state index in [1.165, 1.54) is 0 Å². The van der Waals surface area contributed by atoms with Crippen molar-refractivity contribution in [3.63, 3.8) is 0 Å². The van der Waals surface area contributed by atoms with E-state index >= 15 is 0 Å². The largest absolute Gasteiger partial charge is 0.289 e. The van der Waals surface area contributed by atoms with Crippen LogP contribution in [0.4, 0.5) is 0 Å². The SMILES string of the molecule is C=C(c1cc(C(=O)c2ccccc2C)cc(C2(c3cc(C(=O)c4ccccc4C)cc(C(=O)c4ccccc4C)c3)c3ccccc3-c3ccccc32)c1)c1ccccc1C. The molecule has 0 fully saturated rings. The topological polar surface area (TPSA) is 51.2 Å². The van der Waals surface area contributed by atoms with Gasteiger partial charge < -0.3 is 0 Å². The number of benzene rings is 8. The van der Waals surface area contributed by atoms with E-state index in [4.69, 9.17) is 0 Å². The Balaban J connectivity index is 1.41. The van der Waals surface area contributed by atoms with Gasteiger partial charge in [0.25, 0.3) is 0 Å². The highest BCUT2D eigenvalue weighted by Crippen LogP contribution is 2.57. The minimum atomic E-state index is -1.08. The average Bonchev–Trinajstić information content (AvgIpc) is 3.59. The van der Waals surface area contributed by atoms with Gasteiger partial charge in [0.15, 0.2) is 17.3 Å². The Morgan fingerprint density at radius 3 is 1.03 bits per heavy atom. The van der Waals surface area contributed by atoms with Crippen molar-refractivity contribution in [3.8, 4) is 11.1 Å². The highest BCUT2D eigenvalue weighted by atomic mass is 16.1. The van der Waals surface area contributed by atoms with Crippen molar-refractivity contribution in [2.75, 3.05) is 0 Å². The molecule has 0 saturated heterocycles. The zero-order chi connectivity index (χ0) is 42.4. The van der Waals surface area contributed by atoms with Crippen LogP contribution in [0.15, 0.2) is 189 Å². The summed E-state index contributed by atoms with van der Waals surface area (Å²) in [6, 6.07) is 59.5. The minimum absolute atomic E-state index is 0.104. The van der Waals surface area contributed by atoms with Crippen molar-refractivity contribution in [2.45, 2.75) is 33.1 Å². The van der Waals surface area contributed by atoms with Crippen LogP contribution in [0, 0.1) is 27.7 Å². The summed E-state index contributed by atoms with van der Waals surface area (Å²) < 4.78 is 0. The molecule has 0 unspecified atom stereocenters.